The Balaban J connectivity index is 1.31. The molecule has 4 rings (SSSR count). The summed E-state index contributed by atoms with van der Waals surface area (Å²) in [5, 5.41) is 0. The summed E-state index contributed by atoms with van der Waals surface area (Å²) in [7, 11) is 3.56. The molecule has 29 heavy (non-hydrogen) atoms. The average molecular weight is 401 g/mol. The monoisotopic (exact) mass is 400 g/mol. The minimum Gasteiger partial charge on any atom is -0.423 e. The largest absolute Gasteiger partial charge is 0.423 e. The Bertz CT molecular complexity index is 782. The van der Waals surface area contributed by atoms with E-state index in [1.165, 1.54) is 0 Å². The number of aromatic nitrogens is 1. The highest BCUT2D eigenvalue weighted by Gasteiger charge is 2.33. The van der Waals surface area contributed by atoms with Crippen LogP contribution in [0.4, 0.5) is 6.01 Å². The number of benzene rings is 1. The molecule has 0 saturated carbocycles. The van der Waals surface area contributed by atoms with Crippen molar-refractivity contribution in [1.29, 1.82) is 0 Å². The van der Waals surface area contributed by atoms with Crippen LogP contribution in [0.3, 0.4) is 0 Å². The van der Waals surface area contributed by atoms with Crippen molar-refractivity contribution in [3.63, 3.8) is 0 Å². The summed E-state index contributed by atoms with van der Waals surface area (Å²) >= 11 is 0. The third-order valence-corrected chi connectivity index (χ3v) is 6.34. The van der Waals surface area contributed by atoms with E-state index in [1.54, 1.807) is 7.11 Å². The van der Waals surface area contributed by atoms with Gasteiger partial charge in [-0.1, -0.05) is 12.1 Å². The number of piperidine rings is 2. The second kappa shape index (κ2) is 9.13. The van der Waals surface area contributed by atoms with Crippen LogP contribution in [0.2, 0.25) is 0 Å². The van der Waals surface area contributed by atoms with E-state index in [9.17, 15) is 4.79 Å². The Kier molecular flexibility index (Phi) is 6.35. The maximum Gasteiger partial charge on any atom is 0.298 e. The minimum atomic E-state index is 0.112. The molecule has 1 unspecified atom stereocenters. The molecule has 1 atom stereocenters. The summed E-state index contributed by atoms with van der Waals surface area (Å²) in [5.41, 5.74) is 1.76. The number of carbonyl (C=O) groups is 1. The molecule has 7 nitrogen and oxygen atoms in total. The lowest BCUT2D eigenvalue weighted by Crippen LogP contribution is -2.51. The van der Waals surface area contributed by atoms with Crippen molar-refractivity contribution in [1.82, 2.24) is 14.8 Å². The maximum atomic E-state index is 12.8. The van der Waals surface area contributed by atoms with Crippen molar-refractivity contribution in [2.75, 3.05) is 58.4 Å². The summed E-state index contributed by atoms with van der Waals surface area (Å²) < 4.78 is 11.0. The number of anilines is 1. The van der Waals surface area contributed by atoms with E-state index < -0.39 is 0 Å². The zero-order valence-electron chi connectivity index (χ0n) is 17.5. The fourth-order valence-electron chi connectivity index (χ4n) is 4.61. The van der Waals surface area contributed by atoms with Crippen LogP contribution in [0.1, 0.15) is 25.7 Å². The molecule has 2 aliphatic rings. The molecule has 0 spiro atoms. The molecule has 0 radical (unpaired) electrons. The molecule has 2 saturated heterocycles. The van der Waals surface area contributed by atoms with Crippen molar-refractivity contribution in [3.05, 3.63) is 24.3 Å². The van der Waals surface area contributed by atoms with Crippen molar-refractivity contribution in [2.45, 2.75) is 31.7 Å². The van der Waals surface area contributed by atoms with Crippen LogP contribution >= 0.6 is 0 Å². The molecule has 2 fully saturated rings. The molecular weight excluding hydrogens is 368 g/mol. The average Bonchev–Trinajstić information content (AvgIpc) is 3.21. The molecule has 0 bridgehead atoms. The second-order valence-corrected chi connectivity index (χ2v) is 8.27. The van der Waals surface area contributed by atoms with Gasteiger partial charge in [0.1, 0.15) is 5.52 Å². The summed E-state index contributed by atoms with van der Waals surface area (Å²) in [5.74, 6) is 0.372. The van der Waals surface area contributed by atoms with Gasteiger partial charge in [-0.2, -0.15) is 4.98 Å². The Hall–Kier alpha value is -2.12. The van der Waals surface area contributed by atoms with Crippen LogP contribution in [0.15, 0.2) is 28.7 Å². The number of para-hydroxylation sites is 2. The highest BCUT2D eigenvalue weighted by Crippen LogP contribution is 2.28. The van der Waals surface area contributed by atoms with Gasteiger partial charge in [0.05, 0.1) is 12.5 Å². The maximum absolute atomic E-state index is 12.8. The van der Waals surface area contributed by atoms with Gasteiger partial charge in [-0.25, -0.2) is 0 Å². The quantitative estimate of drug-likeness (QED) is 0.743. The SMILES string of the molecule is COCCN(C)C(=O)C1CCCN(C2CCN(c3nc4ccccc4o3)CC2)C1. The Labute approximate surface area is 172 Å². The summed E-state index contributed by atoms with van der Waals surface area (Å²) in [6.07, 6.45) is 4.26. The number of methoxy groups -OCH3 is 1. The highest BCUT2D eigenvalue weighted by molar-refractivity contribution is 5.79. The molecule has 1 aromatic heterocycles. The van der Waals surface area contributed by atoms with Crippen molar-refractivity contribution < 1.29 is 13.9 Å². The normalized spacial score (nSPS) is 21.6. The number of hydrogen-bond acceptors (Lipinski definition) is 6. The molecule has 0 N–H and O–H groups in total. The number of likely N-dealkylation sites (tertiary alicyclic amines) is 1. The third kappa shape index (κ3) is 4.56. The molecule has 158 valence electrons. The van der Waals surface area contributed by atoms with E-state index in [1.807, 2.05) is 36.2 Å². The van der Waals surface area contributed by atoms with Gasteiger partial charge in [-0.15, -0.1) is 0 Å². The second-order valence-electron chi connectivity index (χ2n) is 8.27. The summed E-state index contributed by atoms with van der Waals surface area (Å²) in [4.78, 5) is 24.0. The molecule has 7 heteroatoms. The fourth-order valence-corrected chi connectivity index (χ4v) is 4.61. The zero-order chi connectivity index (χ0) is 20.2. The summed E-state index contributed by atoms with van der Waals surface area (Å²) in [6.45, 7) is 5.12. The minimum absolute atomic E-state index is 0.112. The number of rotatable bonds is 6. The van der Waals surface area contributed by atoms with Crippen LogP contribution in [-0.4, -0.2) is 80.2 Å². The predicted octanol–water partition coefficient (Wildman–Crippen LogP) is 2.61. The standard InChI is InChI=1S/C22H32N4O3/c1-24(14-15-28-2)21(27)17-6-5-11-26(16-17)18-9-12-25(13-10-18)22-23-19-7-3-4-8-20(19)29-22/h3-4,7-8,17-18H,5-6,9-16H2,1-2H3. The van der Waals surface area contributed by atoms with Crippen LogP contribution < -0.4 is 4.90 Å². The molecule has 0 aliphatic carbocycles. The van der Waals surface area contributed by atoms with Crippen LogP contribution in [-0.2, 0) is 9.53 Å². The van der Waals surface area contributed by atoms with E-state index in [-0.39, 0.29) is 11.8 Å². The fraction of sp³-hybridized carbons (Fsp3) is 0.636. The zero-order valence-corrected chi connectivity index (χ0v) is 17.5. The van der Waals surface area contributed by atoms with Gasteiger partial charge in [0, 0.05) is 46.4 Å². The Morgan fingerprint density at radius 2 is 2.03 bits per heavy atom. The van der Waals surface area contributed by atoms with Crippen molar-refractivity contribution in [2.24, 2.45) is 5.92 Å². The number of carbonyl (C=O) groups excluding carboxylic acids is 1. The number of fused-ring (bicyclic) bond motifs is 1. The number of likely N-dealkylation sites (N-methyl/N-ethyl adjacent to an activating group) is 1. The Morgan fingerprint density at radius 3 is 2.79 bits per heavy atom. The van der Waals surface area contributed by atoms with Gasteiger partial charge < -0.3 is 19.0 Å². The first-order chi connectivity index (χ1) is 14.2. The molecule has 3 heterocycles. The molecule has 2 aromatic rings. The van der Waals surface area contributed by atoms with Gasteiger partial charge in [-0.3, -0.25) is 9.69 Å². The Morgan fingerprint density at radius 1 is 1.24 bits per heavy atom. The molecule has 2 aliphatic heterocycles. The van der Waals surface area contributed by atoms with Crippen LogP contribution in [0.25, 0.3) is 11.1 Å². The number of amides is 1. The highest BCUT2D eigenvalue weighted by atomic mass is 16.5. The summed E-state index contributed by atoms with van der Waals surface area (Å²) in [6, 6.07) is 9.19. The molecule has 1 aromatic carbocycles. The third-order valence-electron chi connectivity index (χ3n) is 6.34. The molecule has 1 amide bonds. The smallest absolute Gasteiger partial charge is 0.298 e. The number of oxazole rings is 1. The number of ether oxygens (including phenoxy) is 1. The molecular formula is C22H32N4O3. The van der Waals surface area contributed by atoms with E-state index in [4.69, 9.17) is 9.15 Å². The predicted molar refractivity (Wildman–Crippen MR) is 113 cm³/mol. The van der Waals surface area contributed by atoms with Crippen LogP contribution in [0.5, 0.6) is 0 Å². The lowest BCUT2D eigenvalue weighted by molar-refractivity contribution is -0.137. The lowest BCUT2D eigenvalue weighted by atomic mass is 9.93. The number of nitrogens with zero attached hydrogens (tertiary/aromatic N) is 4. The van der Waals surface area contributed by atoms with E-state index >= 15 is 0 Å². The van der Waals surface area contributed by atoms with Gasteiger partial charge >= 0.3 is 0 Å². The van der Waals surface area contributed by atoms with Crippen molar-refractivity contribution >= 4 is 23.0 Å². The number of hydrogen-bond donors (Lipinski definition) is 0. The topological polar surface area (TPSA) is 62.1 Å². The van der Waals surface area contributed by atoms with E-state index in [2.05, 4.69) is 14.8 Å². The van der Waals surface area contributed by atoms with E-state index in [0.717, 1.165) is 69.0 Å². The van der Waals surface area contributed by atoms with Gasteiger partial charge in [0.15, 0.2) is 5.58 Å². The van der Waals surface area contributed by atoms with E-state index in [0.29, 0.717) is 19.2 Å². The van der Waals surface area contributed by atoms with Gasteiger partial charge in [0.2, 0.25) is 5.91 Å². The first-order valence-corrected chi connectivity index (χ1v) is 10.7. The first-order valence-electron chi connectivity index (χ1n) is 10.7. The van der Waals surface area contributed by atoms with Gasteiger partial charge in [0.25, 0.3) is 6.01 Å². The van der Waals surface area contributed by atoms with Crippen LogP contribution in [0, 0.1) is 5.92 Å². The van der Waals surface area contributed by atoms with Gasteiger partial charge in [-0.05, 0) is 44.4 Å². The lowest BCUT2D eigenvalue weighted by Gasteiger charge is -2.42. The van der Waals surface area contributed by atoms with Crippen molar-refractivity contribution in [3.8, 4) is 0 Å². The first kappa shape index (κ1) is 20.2.